The third-order valence-electron chi connectivity index (χ3n) is 1.65. The van der Waals surface area contributed by atoms with E-state index in [1.807, 2.05) is 49.7 Å². The maximum Gasteiger partial charge on any atom is 0.240 e. The molecule has 2 rings (SSSR count). The lowest BCUT2D eigenvalue weighted by atomic mass is 9.68. The summed E-state index contributed by atoms with van der Waals surface area (Å²) in [5, 5.41) is 0. The molecular formula is C10H8BO. The van der Waals surface area contributed by atoms with Crippen LogP contribution in [0.3, 0.4) is 0 Å². The Labute approximate surface area is 72.3 Å². The highest BCUT2D eigenvalue weighted by atomic mass is 16.3. The number of benzene rings is 1. The molecule has 0 bridgehead atoms. The van der Waals surface area contributed by atoms with Gasteiger partial charge in [0.2, 0.25) is 7.28 Å². The lowest BCUT2D eigenvalue weighted by Crippen LogP contribution is -2.25. The molecule has 2 heteroatoms. The summed E-state index contributed by atoms with van der Waals surface area (Å²) in [5.41, 5.74) is 2.05. The largest absolute Gasteiger partial charge is 0.480 e. The van der Waals surface area contributed by atoms with Crippen LogP contribution in [0.1, 0.15) is 0 Å². The highest BCUT2D eigenvalue weighted by Gasteiger charge is 1.99. The van der Waals surface area contributed by atoms with Crippen LogP contribution in [-0.2, 0) is 0 Å². The van der Waals surface area contributed by atoms with Gasteiger partial charge in [-0.3, -0.25) is 0 Å². The van der Waals surface area contributed by atoms with Gasteiger partial charge in [0.25, 0.3) is 0 Å². The lowest BCUT2D eigenvalue weighted by Gasteiger charge is -1.93. The minimum Gasteiger partial charge on any atom is -0.480 e. The molecule has 0 saturated heterocycles. The van der Waals surface area contributed by atoms with Crippen molar-refractivity contribution in [1.82, 2.24) is 0 Å². The van der Waals surface area contributed by atoms with Crippen molar-refractivity contribution in [3.63, 3.8) is 0 Å². The van der Waals surface area contributed by atoms with E-state index in [2.05, 4.69) is 0 Å². The van der Waals surface area contributed by atoms with Crippen molar-refractivity contribution in [2.45, 2.75) is 0 Å². The fourth-order valence-corrected chi connectivity index (χ4v) is 1.09. The van der Waals surface area contributed by atoms with Crippen LogP contribution >= 0.6 is 0 Å². The van der Waals surface area contributed by atoms with Crippen LogP contribution in [0.25, 0.3) is 0 Å². The van der Waals surface area contributed by atoms with Gasteiger partial charge in [-0.25, -0.2) is 0 Å². The normalized spacial score (nSPS) is 9.67. The molecule has 0 atom stereocenters. The molecule has 0 fully saturated rings. The van der Waals surface area contributed by atoms with E-state index < -0.39 is 0 Å². The van der Waals surface area contributed by atoms with E-state index in [-0.39, 0.29) is 0 Å². The van der Waals surface area contributed by atoms with Crippen LogP contribution in [0.2, 0.25) is 0 Å². The van der Waals surface area contributed by atoms with Gasteiger partial charge >= 0.3 is 0 Å². The van der Waals surface area contributed by atoms with Crippen molar-refractivity contribution in [2.24, 2.45) is 0 Å². The molecule has 1 radical (unpaired) electrons. The first-order valence-corrected chi connectivity index (χ1v) is 3.88. The van der Waals surface area contributed by atoms with E-state index in [1.54, 1.807) is 6.26 Å². The number of rotatable bonds is 2. The van der Waals surface area contributed by atoms with Crippen LogP contribution in [0.5, 0.6) is 0 Å². The third-order valence-corrected chi connectivity index (χ3v) is 1.65. The zero-order valence-electron chi connectivity index (χ0n) is 6.60. The smallest absolute Gasteiger partial charge is 0.240 e. The summed E-state index contributed by atoms with van der Waals surface area (Å²) < 4.78 is 5.18. The van der Waals surface area contributed by atoms with Gasteiger partial charge < -0.3 is 4.42 Å². The number of furan rings is 1. The number of hydrogen-bond acceptors (Lipinski definition) is 1. The molecule has 0 spiro atoms. The Morgan fingerprint density at radius 1 is 0.917 bits per heavy atom. The van der Waals surface area contributed by atoms with Gasteiger partial charge in [0, 0.05) is 0 Å². The van der Waals surface area contributed by atoms with E-state index in [0.29, 0.717) is 0 Å². The van der Waals surface area contributed by atoms with Gasteiger partial charge in [-0.15, -0.1) is 0 Å². The van der Waals surface area contributed by atoms with Crippen molar-refractivity contribution in [3.8, 4) is 0 Å². The molecule has 1 aromatic carbocycles. The molecule has 1 nitrogen and oxygen atoms in total. The Kier molecular flexibility index (Phi) is 1.99. The van der Waals surface area contributed by atoms with Crippen molar-refractivity contribution in [3.05, 3.63) is 48.7 Å². The van der Waals surface area contributed by atoms with Crippen molar-refractivity contribution < 1.29 is 4.42 Å². The molecule has 0 N–H and O–H groups in total. The Morgan fingerprint density at radius 3 is 2.42 bits per heavy atom. The summed E-state index contributed by atoms with van der Waals surface area (Å²) in [6.07, 6.45) is 1.68. The molecule has 0 unspecified atom stereocenters. The van der Waals surface area contributed by atoms with Gasteiger partial charge in [0.05, 0.1) is 11.9 Å². The maximum atomic E-state index is 5.18. The van der Waals surface area contributed by atoms with Gasteiger partial charge in [0.1, 0.15) is 0 Å². The topological polar surface area (TPSA) is 13.1 Å². The summed E-state index contributed by atoms with van der Waals surface area (Å²) in [6.45, 7) is 0. The van der Waals surface area contributed by atoms with Crippen LogP contribution < -0.4 is 11.1 Å². The minimum atomic E-state index is 0.890. The van der Waals surface area contributed by atoms with Crippen molar-refractivity contribution in [2.75, 3.05) is 0 Å². The van der Waals surface area contributed by atoms with E-state index in [1.165, 1.54) is 0 Å². The molecule has 1 heterocycles. The van der Waals surface area contributed by atoms with Crippen LogP contribution in [0, 0.1) is 0 Å². The molecule has 0 aliphatic heterocycles. The van der Waals surface area contributed by atoms with Gasteiger partial charge in [0.15, 0.2) is 0 Å². The number of hydrogen-bond donors (Lipinski definition) is 0. The molecule has 0 saturated carbocycles. The summed E-state index contributed by atoms with van der Waals surface area (Å²) in [6, 6.07) is 13.9. The monoisotopic (exact) mass is 155 g/mol. The zero-order chi connectivity index (χ0) is 8.23. The zero-order valence-corrected chi connectivity index (χ0v) is 6.60. The highest BCUT2D eigenvalue weighted by Crippen LogP contribution is 1.84. The molecule has 0 aliphatic rings. The predicted molar refractivity (Wildman–Crippen MR) is 50.2 cm³/mol. The molecule has 1 aromatic heterocycles. The first-order chi connectivity index (χ1) is 5.95. The summed E-state index contributed by atoms with van der Waals surface area (Å²) in [5.74, 6) is 0. The quantitative estimate of drug-likeness (QED) is 0.588. The fraction of sp³-hybridized carbons (Fsp3) is 0. The van der Waals surface area contributed by atoms with Crippen LogP contribution in [0.4, 0.5) is 0 Å². The summed E-state index contributed by atoms with van der Waals surface area (Å²) >= 11 is 0. The standard InChI is InChI=1S/C10H8BO/c1-2-5-9(6-3-1)11-10-7-4-8-12-10/h1-8H. The first-order valence-electron chi connectivity index (χ1n) is 3.88. The summed E-state index contributed by atoms with van der Waals surface area (Å²) in [7, 11) is 2.00. The predicted octanol–water partition coefficient (Wildman–Crippen LogP) is 0.935. The summed E-state index contributed by atoms with van der Waals surface area (Å²) in [4.78, 5) is 0. The second kappa shape index (κ2) is 3.31. The Morgan fingerprint density at radius 2 is 1.75 bits per heavy atom. The molecule has 0 amide bonds. The lowest BCUT2D eigenvalue weighted by molar-refractivity contribution is 0.601. The van der Waals surface area contributed by atoms with E-state index >= 15 is 0 Å². The van der Waals surface area contributed by atoms with Crippen LogP contribution in [-0.4, -0.2) is 7.28 Å². The molecular weight excluding hydrogens is 147 g/mol. The molecule has 0 aliphatic carbocycles. The van der Waals surface area contributed by atoms with Crippen molar-refractivity contribution >= 4 is 18.4 Å². The third kappa shape index (κ3) is 1.59. The van der Waals surface area contributed by atoms with Gasteiger partial charge in [-0.1, -0.05) is 35.8 Å². The van der Waals surface area contributed by atoms with Gasteiger partial charge in [-0.05, 0) is 12.1 Å². The van der Waals surface area contributed by atoms with Crippen molar-refractivity contribution in [1.29, 1.82) is 0 Å². The van der Waals surface area contributed by atoms with Crippen LogP contribution in [0.15, 0.2) is 53.1 Å². The Hall–Kier alpha value is -1.44. The first kappa shape index (κ1) is 7.23. The SMILES string of the molecule is [B](c1ccccc1)c1ccco1. The Balaban J connectivity index is 2.15. The second-order valence-electron chi connectivity index (χ2n) is 2.57. The average Bonchev–Trinajstić information content (AvgIpc) is 2.59. The Bertz CT molecular complexity index is 326. The fourth-order valence-electron chi connectivity index (χ4n) is 1.09. The second-order valence-corrected chi connectivity index (χ2v) is 2.57. The highest BCUT2D eigenvalue weighted by molar-refractivity contribution is 6.66. The van der Waals surface area contributed by atoms with E-state index in [9.17, 15) is 0 Å². The van der Waals surface area contributed by atoms with Gasteiger partial charge in [-0.2, -0.15) is 0 Å². The minimum absolute atomic E-state index is 0.890. The molecule has 2 aromatic rings. The maximum absolute atomic E-state index is 5.18. The average molecular weight is 155 g/mol. The molecule has 12 heavy (non-hydrogen) atoms. The molecule has 57 valence electrons. The van der Waals surface area contributed by atoms with E-state index in [4.69, 9.17) is 4.42 Å². The van der Waals surface area contributed by atoms with E-state index in [0.717, 1.165) is 11.1 Å².